The molecule has 0 spiro atoms. The minimum absolute atomic E-state index is 0.232. The predicted molar refractivity (Wildman–Crippen MR) is 53.1 cm³/mol. The molecule has 1 aromatic carbocycles. The van der Waals surface area contributed by atoms with E-state index in [1.54, 1.807) is 14.1 Å². The van der Waals surface area contributed by atoms with Crippen LogP contribution in [-0.4, -0.2) is 41.1 Å². The minimum atomic E-state index is -1.26. The largest absolute Gasteiger partial charge is 0.507 e. The number of phenols is 1. The van der Waals surface area contributed by atoms with Crippen LogP contribution in [0.2, 0.25) is 0 Å². The lowest BCUT2D eigenvalue weighted by Crippen LogP contribution is -2.21. The summed E-state index contributed by atoms with van der Waals surface area (Å²) in [5.41, 5.74) is -0.0436. The van der Waals surface area contributed by atoms with Gasteiger partial charge in [0, 0.05) is 19.7 Å². The molecule has 80 valence electrons. The summed E-state index contributed by atoms with van der Waals surface area (Å²) in [5, 5.41) is 17.9. The number of benzene rings is 1. The van der Waals surface area contributed by atoms with E-state index in [4.69, 9.17) is 5.11 Å². The third-order valence-electron chi connectivity index (χ3n) is 1.88. The SMILES string of the molecule is CN(C)C(=O)c1ccc(O)c(C(=O)O)c1. The van der Waals surface area contributed by atoms with Crippen LogP contribution in [0.5, 0.6) is 5.75 Å². The molecular weight excluding hydrogens is 198 g/mol. The highest BCUT2D eigenvalue weighted by molar-refractivity contribution is 5.98. The lowest BCUT2D eigenvalue weighted by Gasteiger charge is -2.10. The fourth-order valence-corrected chi connectivity index (χ4v) is 1.10. The van der Waals surface area contributed by atoms with Crippen molar-refractivity contribution in [2.45, 2.75) is 0 Å². The minimum Gasteiger partial charge on any atom is -0.507 e. The Morgan fingerprint density at radius 3 is 2.33 bits per heavy atom. The van der Waals surface area contributed by atoms with Gasteiger partial charge in [-0.05, 0) is 18.2 Å². The molecule has 1 rings (SSSR count). The second-order valence-corrected chi connectivity index (χ2v) is 3.24. The molecule has 0 radical (unpaired) electrons. The highest BCUT2D eigenvalue weighted by Gasteiger charge is 2.14. The van der Waals surface area contributed by atoms with Crippen molar-refractivity contribution in [1.82, 2.24) is 4.90 Å². The van der Waals surface area contributed by atoms with Crippen LogP contribution in [0.15, 0.2) is 18.2 Å². The van der Waals surface area contributed by atoms with Gasteiger partial charge >= 0.3 is 5.97 Å². The molecule has 5 nitrogen and oxygen atoms in total. The molecule has 0 heterocycles. The Balaban J connectivity index is 3.19. The lowest BCUT2D eigenvalue weighted by atomic mass is 10.1. The fraction of sp³-hybridized carbons (Fsp3) is 0.200. The summed E-state index contributed by atoms with van der Waals surface area (Å²) in [4.78, 5) is 23.5. The first-order valence-electron chi connectivity index (χ1n) is 4.21. The Morgan fingerprint density at radius 1 is 1.27 bits per heavy atom. The van der Waals surface area contributed by atoms with E-state index in [0.29, 0.717) is 0 Å². The number of aromatic carboxylic acids is 1. The normalized spacial score (nSPS) is 9.73. The van der Waals surface area contributed by atoms with Crippen molar-refractivity contribution in [2.24, 2.45) is 0 Å². The molecule has 0 aromatic heterocycles. The summed E-state index contributed by atoms with van der Waals surface area (Å²) in [6.07, 6.45) is 0. The van der Waals surface area contributed by atoms with E-state index in [0.717, 1.165) is 6.07 Å². The van der Waals surface area contributed by atoms with Gasteiger partial charge in [0.15, 0.2) is 0 Å². The summed E-state index contributed by atoms with van der Waals surface area (Å²) < 4.78 is 0. The Labute approximate surface area is 86.6 Å². The van der Waals surface area contributed by atoms with Crippen molar-refractivity contribution >= 4 is 11.9 Å². The summed E-state index contributed by atoms with van der Waals surface area (Å²) in [5.74, 6) is -1.92. The number of rotatable bonds is 2. The first-order valence-corrected chi connectivity index (χ1v) is 4.21. The molecule has 1 aromatic rings. The molecule has 1 amide bonds. The molecular formula is C10H11NO4. The zero-order valence-electron chi connectivity index (χ0n) is 8.39. The first-order chi connectivity index (χ1) is 6.93. The summed E-state index contributed by atoms with van der Waals surface area (Å²) in [7, 11) is 3.13. The molecule has 15 heavy (non-hydrogen) atoms. The summed E-state index contributed by atoms with van der Waals surface area (Å²) >= 11 is 0. The number of carboxylic acid groups (broad SMARTS) is 1. The second-order valence-electron chi connectivity index (χ2n) is 3.24. The molecule has 0 atom stereocenters. The van der Waals surface area contributed by atoms with Crippen molar-refractivity contribution < 1.29 is 19.8 Å². The maximum absolute atomic E-state index is 11.5. The van der Waals surface area contributed by atoms with E-state index in [1.165, 1.54) is 17.0 Å². The molecule has 2 N–H and O–H groups in total. The molecule has 0 unspecified atom stereocenters. The average molecular weight is 209 g/mol. The predicted octanol–water partition coefficient (Wildman–Crippen LogP) is 0.792. The van der Waals surface area contributed by atoms with Crippen molar-refractivity contribution in [3.63, 3.8) is 0 Å². The van der Waals surface area contributed by atoms with E-state index in [1.807, 2.05) is 0 Å². The van der Waals surface area contributed by atoms with E-state index in [9.17, 15) is 14.7 Å². The number of nitrogens with zero attached hydrogens (tertiary/aromatic N) is 1. The van der Waals surface area contributed by atoms with Gasteiger partial charge in [-0.3, -0.25) is 4.79 Å². The number of hydrogen-bond donors (Lipinski definition) is 2. The van der Waals surface area contributed by atoms with Crippen LogP contribution in [0, 0.1) is 0 Å². The Morgan fingerprint density at radius 2 is 1.87 bits per heavy atom. The van der Waals surface area contributed by atoms with E-state index in [2.05, 4.69) is 0 Å². The Bertz CT molecular complexity index is 412. The molecule has 0 bridgehead atoms. The molecule has 0 aliphatic heterocycles. The van der Waals surface area contributed by atoms with Crippen LogP contribution in [-0.2, 0) is 0 Å². The highest BCUT2D eigenvalue weighted by Crippen LogP contribution is 2.18. The number of carbonyl (C=O) groups is 2. The van der Waals surface area contributed by atoms with Gasteiger partial charge in [-0.15, -0.1) is 0 Å². The maximum atomic E-state index is 11.5. The van der Waals surface area contributed by atoms with Crippen LogP contribution in [0.25, 0.3) is 0 Å². The molecule has 0 saturated heterocycles. The topological polar surface area (TPSA) is 77.8 Å². The quantitative estimate of drug-likeness (QED) is 0.754. The van der Waals surface area contributed by atoms with Gasteiger partial charge in [0.1, 0.15) is 11.3 Å². The smallest absolute Gasteiger partial charge is 0.339 e. The van der Waals surface area contributed by atoms with Crippen molar-refractivity contribution in [3.8, 4) is 5.75 Å². The van der Waals surface area contributed by atoms with Crippen LogP contribution in [0.3, 0.4) is 0 Å². The van der Waals surface area contributed by atoms with Gasteiger partial charge in [-0.25, -0.2) is 4.79 Å². The zero-order chi connectivity index (χ0) is 11.6. The van der Waals surface area contributed by atoms with E-state index < -0.39 is 5.97 Å². The Hall–Kier alpha value is -2.04. The Kier molecular flexibility index (Phi) is 2.94. The number of aromatic hydroxyl groups is 1. The van der Waals surface area contributed by atoms with E-state index in [-0.39, 0.29) is 22.8 Å². The third kappa shape index (κ3) is 2.25. The van der Waals surface area contributed by atoms with Crippen molar-refractivity contribution in [3.05, 3.63) is 29.3 Å². The van der Waals surface area contributed by atoms with Crippen LogP contribution < -0.4 is 0 Å². The molecule has 0 aliphatic carbocycles. The standard InChI is InChI=1S/C10H11NO4/c1-11(2)9(13)6-3-4-8(12)7(5-6)10(14)15/h3-5,12H,1-2H3,(H,14,15). The number of hydrogen-bond acceptors (Lipinski definition) is 3. The fourth-order valence-electron chi connectivity index (χ4n) is 1.10. The number of amides is 1. The lowest BCUT2D eigenvalue weighted by molar-refractivity contribution is 0.0693. The molecule has 0 saturated carbocycles. The van der Waals surface area contributed by atoms with Crippen LogP contribution in [0.4, 0.5) is 0 Å². The molecule has 5 heteroatoms. The average Bonchev–Trinajstić information content (AvgIpc) is 2.16. The van der Waals surface area contributed by atoms with Crippen molar-refractivity contribution in [1.29, 1.82) is 0 Å². The van der Waals surface area contributed by atoms with Gasteiger partial charge in [0.2, 0.25) is 0 Å². The van der Waals surface area contributed by atoms with Crippen LogP contribution in [0.1, 0.15) is 20.7 Å². The number of carbonyl (C=O) groups excluding carboxylic acids is 1. The van der Waals surface area contributed by atoms with Crippen LogP contribution >= 0.6 is 0 Å². The monoisotopic (exact) mass is 209 g/mol. The number of carboxylic acids is 1. The molecule has 0 aliphatic rings. The summed E-state index contributed by atoms with van der Waals surface area (Å²) in [6.45, 7) is 0. The third-order valence-corrected chi connectivity index (χ3v) is 1.88. The van der Waals surface area contributed by atoms with Crippen molar-refractivity contribution in [2.75, 3.05) is 14.1 Å². The molecule has 0 fully saturated rings. The second kappa shape index (κ2) is 4.00. The zero-order valence-corrected chi connectivity index (χ0v) is 8.39. The maximum Gasteiger partial charge on any atom is 0.339 e. The van der Waals surface area contributed by atoms with Gasteiger partial charge in [0.25, 0.3) is 5.91 Å². The van der Waals surface area contributed by atoms with Gasteiger partial charge in [-0.1, -0.05) is 0 Å². The first kappa shape index (κ1) is 11.0. The van der Waals surface area contributed by atoms with Gasteiger partial charge < -0.3 is 15.1 Å². The van der Waals surface area contributed by atoms with Gasteiger partial charge in [0.05, 0.1) is 0 Å². The van der Waals surface area contributed by atoms with E-state index >= 15 is 0 Å². The summed E-state index contributed by atoms with van der Waals surface area (Å²) in [6, 6.07) is 3.73. The highest BCUT2D eigenvalue weighted by atomic mass is 16.4. The van der Waals surface area contributed by atoms with Gasteiger partial charge in [-0.2, -0.15) is 0 Å².